The lowest BCUT2D eigenvalue weighted by atomic mass is 9.79. The Bertz CT molecular complexity index is 669. The van der Waals surface area contributed by atoms with Crippen LogP contribution in [0.1, 0.15) is 89.2 Å². The molecule has 0 fully saturated rings. The average molecular weight is 441 g/mol. The van der Waals surface area contributed by atoms with Crippen molar-refractivity contribution in [2.75, 3.05) is 13.7 Å². The maximum atomic E-state index is 10.4. The van der Waals surface area contributed by atoms with E-state index in [0.717, 1.165) is 64.2 Å². The summed E-state index contributed by atoms with van der Waals surface area (Å²) in [6.45, 7) is 4.48. The minimum atomic E-state index is -0.233. The Hall–Kier alpha value is -1.68. The molecule has 0 aliphatic rings. The van der Waals surface area contributed by atoms with E-state index in [2.05, 4.69) is 50.2 Å². The first kappa shape index (κ1) is 26.6. The van der Waals surface area contributed by atoms with Gasteiger partial charge in [-0.05, 0) is 43.7 Å². The molecule has 3 atom stereocenters. The van der Waals surface area contributed by atoms with E-state index in [9.17, 15) is 10.2 Å². The summed E-state index contributed by atoms with van der Waals surface area (Å²) in [5, 5.41) is 20.3. The van der Waals surface area contributed by atoms with Gasteiger partial charge in [0.15, 0.2) is 0 Å². The van der Waals surface area contributed by atoms with Crippen LogP contribution in [-0.4, -0.2) is 30.0 Å². The topological polar surface area (TPSA) is 49.7 Å². The van der Waals surface area contributed by atoms with Crippen LogP contribution in [0.2, 0.25) is 0 Å². The highest BCUT2D eigenvalue weighted by Gasteiger charge is 2.26. The molecule has 0 heterocycles. The molecular formula is C29H44O3. The number of aliphatic hydroxyl groups is 2. The number of hydrogen-bond donors (Lipinski definition) is 2. The number of hydrogen-bond acceptors (Lipinski definition) is 3. The molecule has 0 radical (unpaired) electrons. The van der Waals surface area contributed by atoms with Crippen molar-refractivity contribution in [1.29, 1.82) is 0 Å². The van der Waals surface area contributed by atoms with Gasteiger partial charge in [-0.3, -0.25) is 0 Å². The first-order valence-corrected chi connectivity index (χ1v) is 12.4. The standard InChI is InChI=1S/C29H44O3/c1-28(24-30,25-16-8-4-9-17-25)22-14-6-12-20-27(31)21-13-7-15-23-29(2,32-3)26-18-10-5-11-19-26/h4-5,8-11,16-19,27,30-31H,6-7,12-15,20-24H2,1-3H3. The lowest BCUT2D eigenvalue weighted by Crippen LogP contribution is -2.26. The van der Waals surface area contributed by atoms with Gasteiger partial charge in [-0.1, -0.05) is 106 Å². The molecule has 0 saturated carbocycles. The predicted octanol–water partition coefficient (Wildman–Crippen LogP) is 6.76. The van der Waals surface area contributed by atoms with Crippen LogP contribution in [0.5, 0.6) is 0 Å². The molecule has 2 rings (SSSR count). The molecule has 2 aromatic rings. The lowest BCUT2D eigenvalue weighted by molar-refractivity contribution is -0.00776. The van der Waals surface area contributed by atoms with Crippen LogP contribution in [0.15, 0.2) is 60.7 Å². The fraction of sp³-hybridized carbons (Fsp3) is 0.586. The molecule has 0 amide bonds. The summed E-state index contributed by atoms with van der Waals surface area (Å²) < 4.78 is 5.82. The monoisotopic (exact) mass is 440 g/mol. The van der Waals surface area contributed by atoms with Crippen molar-refractivity contribution in [1.82, 2.24) is 0 Å². The van der Waals surface area contributed by atoms with Gasteiger partial charge in [-0.15, -0.1) is 0 Å². The molecule has 0 bridgehead atoms. The van der Waals surface area contributed by atoms with E-state index in [4.69, 9.17) is 4.74 Å². The SMILES string of the molecule is COC(C)(CCCCCC(O)CCCCCC(C)(CO)c1ccccc1)c1ccccc1. The summed E-state index contributed by atoms with van der Waals surface area (Å²) in [6.07, 6.45) is 10.0. The molecule has 0 aromatic heterocycles. The van der Waals surface area contributed by atoms with E-state index in [-0.39, 0.29) is 23.7 Å². The van der Waals surface area contributed by atoms with E-state index >= 15 is 0 Å². The van der Waals surface area contributed by atoms with Gasteiger partial charge in [0, 0.05) is 12.5 Å². The number of rotatable bonds is 16. The quantitative estimate of drug-likeness (QED) is 0.284. The van der Waals surface area contributed by atoms with Crippen LogP contribution in [0.25, 0.3) is 0 Å². The van der Waals surface area contributed by atoms with Crippen LogP contribution in [-0.2, 0) is 15.8 Å². The van der Waals surface area contributed by atoms with Gasteiger partial charge >= 0.3 is 0 Å². The highest BCUT2D eigenvalue weighted by molar-refractivity contribution is 5.24. The Kier molecular flexibility index (Phi) is 11.4. The minimum Gasteiger partial charge on any atom is -0.395 e. The van der Waals surface area contributed by atoms with Crippen LogP contribution in [0, 0.1) is 0 Å². The molecule has 3 heteroatoms. The van der Waals surface area contributed by atoms with E-state index in [1.165, 1.54) is 11.1 Å². The zero-order valence-corrected chi connectivity index (χ0v) is 20.4. The molecule has 0 saturated heterocycles. The number of methoxy groups -OCH3 is 1. The van der Waals surface area contributed by atoms with Gasteiger partial charge in [0.2, 0.25) is 0 Å². The number of ether oxygens (including phenoxy) is 1. The zero-order chi connectivity index (χ0) is 23.3. The summed E-state index contributed by atoms with van der Waals surface area (Å²) in [4.78, 5) is 0. The fourth-order valence-electron chi connectivity index (χ4n) is 4.55. The molecule has 178 valence electrons. The van der Waals surface area contributed by atoms with E-state index in [1.54, 1.807) is 7.11 Å². The summed E-state index contributed by atoms with van der Waals surface area (Å²) >= 11 is 0. The highest BCUT2D eigenvalue weighted by Crippen LogP contribution is 2.31. The molecule has 0 aliphatic carbocycles. The average Bonchev–Trinajstić information content (AvgIpc) is 2.84. The van der Waals surface area contributed by atoms with Gasteiger partial charge in [0.05, 0.1) is 18.3 Å². The largest absolute Gasteiger partial charge is 0.395 e. The van der Waals surface area contributed by atoms with Crippen molar-refractivity contribution in [2.24, 2.45) is 0 Å². The van der Waals surface area contributed by atoms with Crippen molar-refractivity contribution in [3.8, 4) is 0 Å². The van der Waals surface area contributed by atoms with Crippen LogP contribution >= 0.6 is 0 Å². The summed E-state index contributed by atoms with van der Waals surface area (Å²) in [5.41, 5.74) is 2.03. The molecule has 3 nitrogen and oxygen atoms in total. The fourth-order valence-corrected chi connectivity index (χ4v) is 4.55. The number of unbranched alkanes of at least 4 members (excludes halogenated alkanes) is 4. The molecule has 3 unspecified atom stereocenters. The van der Waals surface area contributed by atoms with Gasteiger partial charge in [0.1, 0.15) is 0 Å². The molecular weight excluding hydrogens is 396 g/mol. The summed E-state index contributed by atoms with van der Waals surface area (Å²) in [5.74, 6) is 0. The Morgan fingerprint density at radius 2 is 1.22 bits per heavy atom. The second kappa shape index (κ2) is 13.8. The molecule has 0 aliphatic heterocycles. The Balaban J connectivity index is 1.57. The van der Waals surface area contributed by atoms with Crippen molar-refractivity contribution >= 4 is 0 Å². The third-order valence-corrected chi connectivity index (χ3v) is 7.11. The Morgan fingerprint density at radius 1 is 0.719 bits per heavy atom. The van der Waals surface area contributed by atoms with Crippen molar-refractivity contribution in [3.63, 3.8) is 0 Å². The van der Waals surface area contributed by atoms with E-state index < -0.39 is 0 Å². The summed E-state index contributed by atoms with van der Waals surface area (Å²) in [7, 11) is 1.79. The van der Waals surface area contributed by atoms with Gasteiger partial charge in [0.25, 0.3) is 0 Å². The first-order chi connectivity index (χ1) is 15.4. The van der Waals surface area contributed by atoms with E-state index in [1.807, 2.05) is 24.3 Å². The van der Waals surface area contributed by atoms with Crippen LogP contribution < -0.4 is 0 Å². The van der Waals surface area contributed by atoms with Crippen molar-refractivity contribution in [2.45, 2.75) is 95.2 Å². The van der Waals surface area contributed by atoms with E-state index in [0.29, 0.717) is 0 Å². The lowest BCUT2D eigenvalue weighted by Gasteiger charge is -2.29. The van der Waals surface area contributed by atoms with Crippen molar-refractivity contribution < 1.29 is 14.9 Å². The van der Waals surface area contributed by atoms with Gasteiger partial charge < -0.3 is 14.9 Å². The molecule has 0 spiro atoms. The Labute approximate surface area is 195 Å². The van der Waals surface area contributed by atoms with Gasteiger partial charge in [-0.25, -0.2) is 0 Å². The molecule has 2 N–H and O–H groups in total. The Morgan fingerprint density at radius 3 is 1.72 bits per heavy atom. The third kappa shape index (κ3) is 8.35. The maximum Gasteiger partial charge on any atom is 0.0899 e. The first-order valence-electron chi connectivity index (χ1n) is 12.4. The second-order valence-electron chi connectivity index (χ2n) is 9.74. The summed E-state index contributed by atoms with van der Waals surface area (Å²) in [6, 6.07) is 20.7. The zero-order valence-electron chi connectivity index (χ0n) is 20.4. The van der Waals surface area contributed by atoms with Crippen molar-refractivity contribution in [3.05, 3.63) is 71.8 Å². The molecule has 32 heavy (non-hydrogen) atoms. The van der Waals surface area contributed by atoms with Crippen LogP contribution in [0.4, 0.5) is 0 Å². The third-order valence-electron chi connectivity index (χ3n) is 7.11. The smallest absolute Gasteiger partial charge is 0.0899 e. The predicted molar refractivity (Wildman–Crippen MR) is 134 cm³/mol. The second-order valence-corrected chi connectivity index (χ2v) is 9.74. The minimum absolute atomic E-state index is 0.170. The highest BCUT2D eigenvalue weighted by atomic mass is 16.5. The normalized spacial score (nSPS) is 16.3. The number of aliphatic hydroxyl groups excluding tert-OH is 2. The van der Waals surface area contributed by atoms with Gasteiger partial charge in [-0.2, -0.15) is 0 Å². The van der Waals surface area contributed by atoms with Crippen LogP contribution in [0.3, 0.4) is 0 Å². The number of benzene rings is 2. The molecule has 2 aromatic carbocycles. The maximum absolute atomic E-state index is 10.4.